The van der Waals surface area contributed by atoms with E-state index in [9.17, 15) is 0 Å². The highest BCUT2D eigenvalue weighted by molar-refractivity contribution is 4.83. The quantitative estimate of drug-likeness (QED) is 0.699. The maximum atomic E-state index is 5.47. The molecule has 0 aromatic carbocycles. The topological polar surface area (TPSA) is 15.7 Å². The zero-order chi connectivity index (χ0) is 15.2. The first-order valence-electron chi connectivity index (χ1n) is 9.07. The van der Waals surface area contributed by atoms with E-state index >= 15 is 0 Å². The summed E-state index contributed by atoms with van der Waals surface area (Å²) in [7, 11) is 4.12. The standard InChI is InChI=1S/C18H36N2O/c1-15-13-19(3)14-16(2)20(15)12-6-5-7-17-8-10-18(21-4)11-9-17/h15-18H,5-14H2,1-4H3/t15-,16-,17-,18-/m0/s1. The lowest BCUT2D eigenvalue weighted by molar-refractivity contribution is 0.0475. The Morgan fingerprint density at radius 1 is 0.952 bits per heavy atom. The summed E-state index contributed by atoms with van der Waals surface area (Å²) in [4.78, 5) is 5.20. The van der Waals surface area contributed by atoms with Crippen LogP contribution in [0.3, 0.4) is 0 Å². The van der Waals surface area contributed by atoms with Crippen LogP contribution in [-0.2, 0) is 4.74 Å². The molecule has 124 valence electrons. The second-order valence-corrected chi connectivity index (χ2v) is 7.53. The van der Waals surface area contributed by atoms with E-state index in [-0.39, 0.29) is 0 Å². The Bertz CT molecular complexity index is 277. The number of methoxy groups -OCH3 is 1. The molecule has 0 unspecified atom stereocenters. The predicted octanol–water partition coefficient (Wildman–Crippen LogP) is 3.39. The number of rotatable bonds is 6. The van der Waals surface area contributed by atoms with Gasteiger partial charge in [0.2, 0.25) is 0 Å². The fourth-order valence-corrected chi connectivity index (χ4v) is 4.45. The molecule has 0 amide bonds. The van der Waals surface area contributed by atoms with Crippen LogP contribution >= 0.6 is 0 Å². The van der Waals surface area contributed by atoms with Crippen molar-refractivity contribution in [2.45, 2.75) is 77.0 Å². The van der Waals surface area contributed by atoms with Crippen molar-refractivity contribution in [2.75, 3.05) is 33.8 Å². The molecule has 2 atom stereocenters. The molecule has 0 spiro atoms. The van der Waals surface area contributed by atoms with Crippen LogP contribution in [0, 0.1) is 5.92 Å². The third-order valence-corrected chi connectivity index (χ3v) is 5.69. The third kappa shape index (κ3) is 5.22. The number of likely N-dealkylation sites (N-methyl/N-ethyl adjacent to an activating group) is 1. The molecule has 2 rings (SSSR count). The van der Waals surface area contributed by atoms with E-state index in [2.05, 4.69) is 30.7 Å². The number of piperazine rings is 1. The van der Waals surface area contributed by atoms with Gasteiger partial charge in [0, 0.05) is 32.3 Å². The zero-order valence-corrected chi connectivity index (χ0v) is 14.7. The Morgan fingerprint density at radius 3 is 2.14 bits per heavy atom. The summed E-state index contributed by atoms with van der Waals surface area (Å²) >= 11 is 0. The third-order valence-electron chi connectivity index (χ3n) is 5.69. The number of unbranched alkanes of at least 4 members (excludes halogenated alkanes) is 1. The summed E-state index contributed by atoms with van der Waals surface area (Å²) in [5.74, 6) is 0.971. The smallest absolute Gasteiger partial charge is 0.0571 e. The van der Waals surface area contributed by atoms with Crippen molar-refractivity contribution in [3.8, 4) is 0 Å². The van der Waals surface area contributed by atoms with Gasteiger partial charge in [-0.3, -0.25) is 4.90 Å². The van der Waals surface area contributed by atoms with Crippen LogP contribution in [0.15, 0.2) is 0 Å². The molecule has 1 saturated heterocycles. The van der Waals surface area contributed by atoms with Gasteiger partial charge in [0.25, 0.3) is 0 Å². The molecule has 1 aliphatic heterocycles. The summed E-state index contributed by atoms with van der Waals surface area (Å²) in [6, 6.07) is 1.44. The van der Waals surface area contributed by atoms with Crippen molar-refractivity contribution in [1.82, 2.24) is 9.80 Å². The number of hydrogen-bond acceptors (Lipinski definition) is 3. The zero-order valence-electron chi connectivity index (χ0n) is 14.7. The molecule has 0 aromatic rings. The lowest BCUT2D eigenvalue weighted by Crippen LogP contribution is -2.55. The SMILES string of the molecule is CO[C@H]1CC[C@H](CCCCN2[C@@H](C)CN(C)C[C@@H]2C)CC1. The average Bonchev–Trinajstić information content (AvgIpc) is 2.46. The summed E-state index contributed by atoms with van der Waals surface area (Å²) in [5.41, 5.74) is 0. The number of nitrogens with zero attached hydrogens (tertiary/aromatic N) is 2. The molecule has 1 aliphatic carbocycles. The Hall–Kier alpha value is -0.120. The molecule has 0 aromatic heterocycles. The molecule has 0 bridgehead atoms. The van der Waals surface area contributed by atoms with Gasteiger partial charge in [-0.05, 0) is 65.5 Å². The summed E-state index contributed by atoms with van der Waals surface area (Å²) in [6.07, 6.45) is 10.1. The molecule has 21 heavy (non-hydrogen) atoms. The summed E-state index contributed by atoms with van der Waals surface area (Å²) in [6.45, 7) is 8.52. The Labute approximate surface area is 132 Å². The monoisotopic (exact) mass is 296 g/mol. The van der Waals surface area contributed by atoms with E-state index in [1.165, 1.54) is 64.6 Å². The van der Waals surface area contributed by atoms with Crippen molar-refractivity contribution in [1.29, 1.82) is 0 Å². The minimum atomic E-state index is 0.549. The average molecular weight is 296 g/mol. The summed E-state index contributed by atoms with van der Waals surface area (Å²) in [5, 5.41) is 0. The molecule has 2 aliphatic rings. The minimum Gasteiger partial charge on any atom is -0.381 e. The molecule has 3 heteroatoms. The van der Waals surface area contributed by atoms with E-state index in [4.69, 9.17) is 4.74 Å². The summed E-state index contributed by atoms with van der Waals surface area (Å²) < 4.78 is 5.47. The highest BCUT2D eigenvalue weighted by atomic mass is 16.5. The lowest BCUT2D eigenvalue weighted by atomic mass is 9.84. The molecular weight excluding hydrogens is 260 g/mol. The van der Waals surface area contributed by atoms with E-state index < -0.39 is 0 Å². The van der Waals surface area contributed by atoms with Gasteiger partial charge in [0.1, 0.15) is 0 Å². The maximum Gasteiger partial charge on any atom is 0.0571 e. The van der Waals surface area contributed by atoms with Gasteiger partial charge in [0.15, 0.2) is 0 Å². The van der Waals surface area contributed by atoms with Gasteiger partial charge in [0.05, 0.1) is 6.10 Å². The molecular formula is C18H36N2O. The molecule has 3 nitrogen and oxygen atoms in total. The lowest BCUT2D eigenvalue weighted by Gasteiger charge is -2.43. The Morgan fingerprint density at radius 2 is 1.57 bits per heavy atom. The maximum absolute atomic E-state index is 5.47. The van der Waals surface area contributed by atoms with E-state index in [1.807, 2.05) is 7.11 Å². The second kappa shape index (κ2) is 8.50. The molecule has 0 radical (unpaired) electrons. The van der Waals surface area contributed by atoms with Crippen LogP contribution in [0.4, 0.5) is 0 Å². The van der Waals surface area contributed by atoms with E-state index in [0.717, 1.165) is 18.0 Å². The Kier molecular flexibility index (Phi) is 6.97. The normalized spacial score (nSPS) is 36.0. The van der Waals surface area contributed by atoms with Crippen molar-refractivity contribution < 1.29 is 4.74 Å². The van der Waals surface area contributed by atoms with Gasteiger partial charge in [-0.2, -0.15) is 0 Å². The van der Waals surface area contributed by atoms with Crippen LogP contribution in [0.1, 0.15) is 58.8 Å². The van der Waals surface area contributed by atoms with Crippen LogP contribution < -0.4 is 0 Å². The van der Waals surface area contributed by atoms with Gasteiger partial charge in [-0.15, -0.1) is 0 Å². The van der Waals surface area contributed by atoms with E-state index in [1.54, 1.807) is 0 Å². The van der Waals surface area contributed by atoms with Gasteiger partial charge < -0.3 is 9.64 Å². The van der Waals surface area contributed by atoms with Crippen LogP contribution in [-0.4, -0.2) is 61.8 Å². The van der Waals surface area contributed by atoms with Crippen LogP contribution in [0.2, 0.25) is 0 Å². The van der Waals surface area contributed by atoms with Crippen molar-refractivity contribution in [2.24, 2.45) is 5.92 Å². The largest absolute Gasteiger partial charge is 0.381 e. The Balaban J connectivity index is 1.59. The predicted molar refractivity (Wildman–Crippen MR) is 89.7 cm³/mol. The molecule has 1 saturated carbocycles. The van der Waals surface area contributed by atoms with Gasteiger partial charge >= 0.3 is 0 Å². The number of ether oxygens (including phenoxy) is 1. The van der Waals surface area contributed by atoms with Gasteiger partial charge in [-0.25, -0.2) is 0 Å². The first-order valence-corrected chi connectivity index (χ1v) is 9.07. The highest BCUT2D eigenvalue weighted by Crippen LogP contribution is 2.29. The fraction of sp³-hybridized carbons (Fsp3) is 1.00. The van der Waals surface area contributed by atoms with E-state index in [0.29, 0.717) is 6.10 Å². The van der Waals surface area contributed by atoms with Crippen molar-refractivity contribution >= 4 is 0 Å². The molecule has 1 heterocycles. The van der Waals surface area contributed by atoms with Crippen LogP contribution in [0.25, 0.3) is 0 Å². The first kappa shape index (κ1) is 17.2. The van der Waals surface area contributed by atoms with Crippen LogP contribution in [0.5, 0.6) is 0 Å². The first-order chi connectivity index (χ1) is 10.1. The molecule has 2 fully saturated rings. The number of hydrogen-bond donors (Lipinski definition) is 0. The van der Waals surface area contributed by atoms with Crippen molar-refractivity contribution in [3.05, 3.63) is 0 Å². The molecule has 0 N–H and O–H groups in total. The minimum absolute atomic E-state index is 0.549. The van der Waals surface area contributed by atoms with Gasteiger partial charge in [-0.1, -0.05) is 12.8 Å². The second-order valence-electron chi connectivity index (χ2n) is 7.53. The highest BCUT2D eigenvalue weighted by Gasteiger charge is 2.27. The fourth-order valence-electron chi connectivity index (χ4n) is 4.45. The van der Waals surface area contributed by atoms with Crippen molar-refractivity contribution in [3.63, 3.8) is 0 Å².